The Bertz CT molecular complexity index is 1740. The van der Waals surface area contributed by atoms with Gasteiger partial charge in [-0.05, 0) is 48.7 Å². The van der Waals surface area contributed by atoms with E-state index in [-0.39, 0.29) is 39.5 Å². The van der Waals surface area contributed by atoms with Gasteiger partial charge in [-0.1, -0.05) is 34.4 Å². The molecule has 1 aromatic carbocycles. The van der Waals surface area contributed by atoms with Crippen molar-refractivity contribution in [3.63, 3.8) is 0 Å². The number of aromatic nitrogens is 5. The van der Waals surface area contributed by atoms with Crippen molar-refractivity contribution in [1.29, 1.82) is 0 Å². The molecule has 0 aliphatic carbocycles. The fourth-order valence-corrected chi connectivity index (χ4v) is 5.33. The van der Waals surface area contributed by atoms with E-state index in [1.807, 2.05) is 6.07 Å². The van der Waals surface area contributed by atoms with Crippen molar-refractivity contribution in [3.8, 4) is 11.4 Å². The summed E-state index contributed by atoms with van der Waals surface area (Å²) in [4.78, 5) is 38.4. The van der Waals surface area contributed by atoms with E-state index in [1.165, 1.54) is 24.4 Å². The minimum absolute atomic E-state index is 0.00365. The highest BCUT2D eigenvalue weighted by Crippen LogP contribution is 2.30. The zero-order valence-electron chi connectivity index (χ0n) is 20.4. The van der Waals surface area contributed by atoms with Gasteiger partial charge in [-0.15, -0.1) is 0 Å². The minimum atomic E-state index is -0.599. The molecule has 1 N–H and O–H groups in total. The van der Waals surface area contributed by atoms with Crippen molar-refractivity contribution in [2.75, 3.05) is 13.1 Å². The zero-order valence-corrected chi connectivity index (χ0v) is 21.9. The average Bonchev–Trinajstić information content (AvgIpc) is 3.57. The van der Waals surface area contributed by atoms with Gasteiger partial charge in [0.05, 0.1) is 10.6 Å². The lowest BCUT2D eigenvalue weighted by molar-refractivity contribution is 0.0699. The van der Waals surface area contributed by atoms with Gasteiger partial charge in [-0.2, -0.15) is 4.98 Å². The molecule has 1 amide bonds. The Hall–Kier alpha value is -4.02. The molecule has 0 radical (unpaired) electrons. The maximum absolute atomic E-state index is 14.8. The number of likely N-dealkylation sites (tertiary alicyclic amines) is 1. The number of carbonyl (C=O) groups is 1. The Labute approximate surface area is 231 Å². The van der Waals surface area contributed by atoms with Gasteiger partial charge in [0.2, 0.25) is 11.7 Å². The van der Waals surface area contributed by atoms with E-state index in [4.69, 9.17) is 27.7 Å². The Balaban J connectivity index is 1.17. The van der Waals surface area contributed by atoms with Crippen LogP contribution in [0.2, 0.25) is 10.2 Å². The average molecular weight is 567 g/mol. The van der Waals surface area contributed by atoms with Crippen LogP contribution in [-0.2, 0) is 6.42 Å². The summed E-state index contributed by atoms with van der Waals surface area (Å²) in [6, 6.07) is 9.56. The van der Waals surface area contributed by atoms with Gasteiger partial charge in [0, 0.05) is 55.3 Å². The highest BCUT2D eigenvalue weighted by atomic mass is 35.5. The van der Waals surface area contributed by atoms with E-state index in [0.717, 1.165) is 5.56 Å². The predicted octanol–water partition coefficient (Wildman–Crippen LogP) is 5.13. The van der Waals surface area contributed by atoms with E-state index in [1.54, 1.807) is 33.8 Å². The first kappa shape index (κ1) is 25.3. The topological polar surface area (TPSA) is 109 Å². The van der Waals surface area contributed by atoms with Gasteiger partial charge >= 0.3 is 0 Å². The van der Waals surface area contributed by atoms with Crippen molar-refractivity contribution in [2.45, 2.75) is 25.2 Å². The van der Waals surface area contributed by atoms with Gasteiger partial charge < -0.3 is 14.4 Å². The Morgan fingerprint density at radius 1 is 1.18 bits per heavy atom. The third kappa shape index (κ3) is 4.81. The lowest BCUT2D eigenvalue weighted by Crippen LogP contribution is -2.38. The van der Waals surface area contributed by atoms with E-state index in [0.29, 0.717) is 54.4 Å². The van der Waals surface area contributed by atoms with Gasteiger partial charge in [-0.25, -0.2) is 4.39 Å². The molecule has 5 heterocycles. The first-order valence-electron chi connectivity index (χ1n) is 12.3. The smallest absolute Gasteiger partial charge is 0.272 e. The van der Waals surface area contributed by atoms with E-state index in [2.05, 4.69) is 20.1 Å². The predicted molar refractivity (Wildman–Crippen MR) is 143 cm³/mol. The number of nitrogens with zero attached hydrogens (tertiary/aromatic N) is 5. The number of nitrogens with one attached hydrogen (secondary N) is 1. The van der Waals surface area contributed by atoms with Crippen LogP contribution in [-0.4, -0.2) is 48.4 Å². The SMILES string of the molecule is O=C(c1cc(Cc2c[nH]c(=O)c3cc(Cl)c(Cl)n23)ccc1F)N1CCC(c2nc(-c3cccnc3)no2)CC1. The second-order valence-corrected chi connectivity index (χ2v) is 10.1. The molecule has 1 aliphatic rings. The number of hydrogen-bond acceptors (Lipinski definition) is 6. The van der Waals surface area contributed by atoms with Crippen molar-refractivity contribution in [3.05, 3.63) is 104 Å². The normalized spacial score (nSPS) is 14.3. The summed E-state index contributed by atoms with van der Waals surface area (Å²) >= 11 is 12.5. The minimum Gasteiger partial charge on any atom is -0.339 e. The number of carbonyl (C=O) groups excluding carboxylic acids is 1. The molecule has 0 saturated carbocycles. The highest BCUT2D eigenvalue weighted by Gasteiger charge is 2.29. The van der Waals surface area contributed by atoms with Crippen LogP contribution in [0.1, 0.15) is 46.3 Å². The molecule has 39 heavy (non-hydrogen) atoms. The van der Waals surface area contributed by atoms with Crippen LogP contribution in [0.15, 0.2) is 64.3 Å². The van der Waals surface area contributed by atoms with Crippen molar-refractivity contribution in [2.24, 2.45) is 0 Å². The molecule has 1 aliphatic heterocycles. The molecule has 0 bridgehead atoms. The van der Waals surface area contributed by atoms with Crippen LogP contribution in [0.3, 0.4) is 0 Å². The van der Waals surface area contributed by atoms with Gasteiger partial charge in [-0.3, -0.25) is 19.0 Å². The number of fused-ring (bicyclic) bond motifs is 1. The standard InChI is InChI=1S/C27H21Cl2FN6O3/c28-20-12-22-25(37)32-14-18(36(22)23(20)29)10-15-3-4-21(30)19(11-15)27(38)35-8-5-16(6-9-35)26-33-24(34-39-26)17-2-1-7-31-13-17/h1-4,7,11-14,16H,5-6,8-10H2,(H,32,37). The largest absolute Gasteiger partial charge is 0.339 e. The van der Waals surface area contributed by atoms with E-state index < -0.39 is 5.82 Å². The summed E-state index contributed by atoms with van der Waals surface area (Å²) in [5, 5.41) is 4.52. The number of hydrogen-bond donors (Lipinski definition) is 1. The molecule has 0 spiro atoms. The van der Waals surface area contributed by atoms with Crippen LogP contribution in [0.4, 0.5) is 4.39 Å². The van der Waals surface area contributed by atoms with Crippen LogP contribution in [0, 0.1) is 5.82 Å². The second kappa shape index (κ2) is 10.3. The quantitative estimate of drug-likeness (QED) is 0.316. The lowest BCUT2D eigenvalue weighted by Gasteiger charge is -2.30. The molecule has 0 unspecified atom stereocenters. The van der Waals surface area contributed by atoms with Crippen molar-refractivity contribution in [1.82, 2.24) is 29.4 Å². The summed E-state index contributed by atoms with van der Waals surface area (Å²) in [6.45, 7) is 0.853. The molecular formula is C27H21Cl2FN6O3. The molecule has 9 nitrogen and oxygen atoms in total. The zero-order chi connectivity index (χ0) is 27.1. The number of benzene rings is 1. The molecule has 12 heteroatoms. The third-order valence-corrected chi connectivity index (χ3v) is 7.68. The Kier molecular flexibility index (Phi) is 6.66. The number of aromatic amines is 1. The summed E-state index contributed by atoms with van der Waals surface area (Å²) < 4.78 is 21.9. The summed E-state index contributed by atoms with van der Waals surface area (Å²) in [6.07, 6.45) is 6.39. The fraction of sp³-hybridized carbons (Fsp3) is 0.222. The first-order chi connectivity index (χ1) is 18.9. The van der Waals surface area contributed by atoms with Gasteiger partial charge in [0.1, 0.15) is 16.5 Å². The number of H-pyrrole nitrogens is 1. The number of piperidine rings is 1. The van der Waals surface area contributed by atoms with Gasteiger partial charge in [0.25, 0.3) is 11.5 Å². The fourth-order valence-electron chi connectivity index (χ4n) is 4.89. The van der Waals surface area contributed by atoms with Crippen LogP contribution in [0.5, 0.6) is 0 Å². The number of amides is 1. The molecule has 5 aromatic rings. The van der Waals surface area contributed by atoms with Crippen LogP contribution in [0.25, 0.3) is 16.9 Å². The van der Waals surface area contributed by atoms with Crippen molar-refractivity contribution >= 4 is 34.6 Å². The molecule has 0 atom stereocenters. The molecule has 6 rings (SSSR count). The van der Waals surface area contributed by atoms with Crippen LogP contribution >= 0.6 is 23.2 Å². The summed E-state index contributed by atoms with van der Waals surface area (Å²) in [5.74, 6) is 0.00775. The monoisotopic (exact) mass is 566 g/mol. The number of rotatable bonds is 5. The molecular weight excluding hydrogens is 546 g/mol. The van der Waals surface area contributed by atoms with E-state index in [9.17, 15) is 14.0 Å². The Morgan fingerprint density at radius 3 is 2.77 bits per heavy atom. The van der Waals surface area contributed by atoms with Gasteiger partial charge in [0.15, 0.2) is 0 Å². The number of halogens is 3. The molecule has 1 saturated heterocycles. The lowest BCUT2D eigenvalue weighted by atomic mass is 9.96. The maximum Gasteiger partial charge on any atom is 0.272 e. The highest BCUT2D eigenvalue weighted by molar-refractivity contribution is 6.42. The number of pyridine rings is 1. The van der Waals surface area contributed by atoms with Crippen molar-refractivity contribution < 1.29 is 13.7 Å². The molecule has 1 fully saturated rings. The second-order valence-electron chi connectivity index (χ2n) is 9.37. The molecule has 198 valence electrons. The molecule has 4 aromatic heterocycles. The van der Waals surface area contributed by atoms with E-state index >= 15 is 0 Å². The summed E-state index contributed by atoms with van der Waals surface area (Å²) in [7, 11) is 0. The first-order valence-corrected chi connectivity index (χ1v) is 13.0. The Morgan fingerprint density at radius 2 is 2.00 bits per heavy atom. The van der Waals surface area contributed by atoms with Crippen LogP contribution < -0.4 is 5.56 Å². The third-order valence-electron chi connectivity index (χ3n) is 6.93. The summed E-state index contributed by atoms with van der Waals surface area (Å²) in [5.41, 5.74) is 2.03. The maximum atomic E-state index is 14.8.